The van der Waals surface area contributed by atoms with Gasteiger partial charge >= 0.3 is 0 Å². The van der Waals surface area contributed by atoms with E-state index in [1.807, 2.05) is 37.3 Å². The van der Waals surface area contributed by atoms with Crippen LogP contribution in [-0.2, 0) is 9.59 Å². The highest BCUT2D eigenvalue weighted by atomic mass is 35.5. The van der Waals surface area contributed by atoms with Crippen molar-refractivity contribution >= 4 is 23.4 Å². The van der Waals surface area contributed by atoms with Crippen molar-refractivity contribution in [3.05, 3.63) is 47.0 Å². The molecule has 4 nitrogen and oxygen atoms in total. The number of amides is 2. The molecule has 1 aromatic carbocycles. The molecule has 19 heavy (non-hydrogen) atoms. The topological polar surface area (TPSA) is 49.4 Å². The predicted octanol–water partition coefficient (Wildman–Crippen LogP) is 1.83. The van der Waals surface area contributed by atoms with Crippen LogP contribution in [0.4, 0.5) is 0 Å². The van der Waals surface area contributed by atoms with Crippen LogP contribution < -0.4 is 5.32 Å². The summed E-state index contributed by atoms with van der Waals surface area (Å²) in [4.78, 5) is 25.6. The number of benzene rings is 1. The molecule has 0 radical (unpaired) electrons. The van der Waals surface area contributed by atoms with E-state index in [-0.39, 0.29) is 18.4 Å². The van der Waals surface area contributed by atoms with Gasteiger partial charge < -0.3 is 10.2 Å². The minimum atomic E-state index is -0.606. The second-order valence-corrected chi connectivity index (χ2v) is 4.78. The Hall–Kier alpha value is -1.81. The normalized spacial score (nSPS) is 20.4. The third-order valence-corrected chi connectivity index (χ3v) is 3.33. The van der Waals surface area contributed by atoms with E-state index in [0.717, 1.165) is 11.1 Å². The van der Waals surface area contributed by atoms with Crippen molar-refractivity contribution in [2.24, 2.45) is 0 Å². The standard InChI is InChI=1S/C14H15ClN2O2/c1-10(7-15)8-17-9-12(18)16-13(14(17)19)11-5-3-2-4-6-11/h2-7,13H,8-9H2,1H3,(H,16,18)/b10-7-. The average molecular weight is 279 g/mol. The van der Waals surface area contributed by atoms with E-state index in [4.69, 9.17) is 11.6 Å². The van der Waals surface area contributed by atoms with Crippen LogP contribution in [0.3, 0.4) is 0 Å². The number of hydrogen-bond donors (Lipinski definition) is 1. The molecule has 0 aliphatic carbocycles. The molecular formula is C14H15ClN2O2. The van der Waals surface area contributed by atoms with Crippen molar-refractivity contribution in [2.75, 3.05) is 13.1 Å². The van der Waals surface area contributed by atoms with E-state index in [9.17, 15) is 9.59 Å². The van der Waals surface area contributed by atoms with Crippen LogP contribution in [0.5, 0.6) is 0 Å². The zero-order valence-corrected chi connectivity index (χ0v) is 11.4. The molecule has 1 fully saturated rings. The lowest BCUT2D eigenvalue weighted by Gasteiger charge is -2.32. The molecule has 1 saturated heterocycles. The van der Waals surface area contributed by atoms with Gasteiger partial charge in [-0.25, -0.2) is 0 Å². The van der Waals surface area contributed by atoms with Gasteiger partial charge in [-0.3, -0.25) is 9.59 Å². The fraction of sp³-hybridized carbons (Fsp3) is 0.286. The third-order valence-electron chi connectivity index (χ3n) is 2.96. The molecule has 1 aromatic rings. The van der Waals surface area contributed by atoms with E-state index in [1.54, 1.807) is 0 Å². The van der Waals surface area contributed by atoms with Crippen molar-refractivity contribution in [3.63, 3.8) is 0 Å². The van der Waals surface area contributed by atoms with Gasteiger partial charge in [0.15, 0.2) is 0 Å². The molecule has 1 N–H and O–H groups in total. The number of nitrogens with one attached hydrogen (secondary N) is 1. The number of nitrogens with zero attached hydrogens (tertiary/aromatic N) is 1. The molecule has 2 rings (SSSR count). The molecular weight excluding hydrogens is 264 g/mol. The highest BCUT2D eigenvalue weighted by Crippen LogP contribution is 2.19. The third kappa shape index (κ3) is 3.15. The fourth-order valence-corrected chi connectivity index (χ4v) is 2.11. The number of carbonyl (C=O) groups excluding carboxylic acids is 2. The molecule has 1 heterocycles. The van der Waals surface area contributed by atoms with E-state index >= 15 is 0 Å². The summed E-state index contributed by atoms with van der Waals surface area (Å²) in [5.74, 6) is -0.264. The Morgan fingerprint density at radius 1 is 1.42 bits per heavy atom. The average Bonchev–Trinajstić information content (AvgIpc) is 2.43. The Morgan fingerprint density at radius 2 is 2.11 bits per heavy atom. The van der Waals surface area contributed by atoms with Gasteiger partial charge in [0.05, 0.1) is 6.54 Å². The van der Waals surface area contributed by atoms with Crippen LogP contribution in [0.15, 0.2) is 41.4 Å². The lowest BCUT2D eigenvalue weighted by atomic mass is 10.0. The smallest absolute Gasteiger partial charge is 0.250 e. The molecule has 0 aromatic heterocycles. The minimum Gasteiger partial charge on any atom is -0.339 e. The highest BCUT2D eigenvalue weighted by Gasteiger charge is 2.33. The van der Waals surface area contributed by atoms with Crippen LogP contribution in [-0.4, -0.2) is 29.8 Å². The number of hydrogen-bond acceptors (Lipinski definition) is 2. The zero-order chi connectivity index (χ0) is 13.8. The number of carbonyl (C=O) groups is 2. The second kappa shape index (κ2) is 5.89. The summed E-state index contributed by atoms with van der Waals surface area (Å²) in [6, 6.07) is 8.62. The Kier molecular flexibility index (Phi) is 4.22. The largest absolute Gasteiger partial charge is 0.339 e. The minimum absolute atomic E-state index is 0.0736. The number of rotatable bonds is 3. The first kappa shape index (κ1) is 13.6. The van der Waals surface area contributed by atoms with Gasteiger partial charge in [-0.05, 0) is 18.1 Å². The van der Waals surface area contributed by atoms with Crippen LogP contribution in [0.1, 0.15) is 18.5 Å². The highest BCUT2D eigenvalue weighted by molar-refractivity contribution is 6.25. The SMILES string of the molecule is C/C(=C/Cl)CN1CC(=O)NC(c2ccccc2)C1=O. The zero-order valence-electron chi connectivity index (χ0n) is 10.6. The van der Waals surface area contributed by atoms with Crippen LogP contribution in [0.2, 0.25) is 0 Å². The molecule has 5 heteroatoms. The van der Waals surface area contributed by atoms with Crippen molar-refractivity contribution in [2.45, 2.75) is 13.0 Å². The lowest BCUT2D eigenvalue weighted by Crippen LogP contribution is -2.53. The molecule has 100 valence electrons. The number of halogens is 1. The first-order chi connectivity index (χ1) is 9.11. The quantitative estimate of drug-likeness (QED) is 0.917. The summed E-state index contributed by atoms with van der Waals surface area (Å²) in [6.07, 6.45) is 0. The molecule has 0 bridgehead atoms. The van der Waals surface area contributed by atoms with Gasteiger partial charge in [-0.1, -0.05) is 41.9 Å². The van der Waals surface area contributed by atoms with E-state index in [0.29, 0.717) is 6.54 Å². The molecule has 1 atom stereocenters. The maximum atomic E-state index is 12.4. The first-order valence-electron chi connectivity index (χ1n) is 6.01. The Morgan fingerprint density at radius 3 is 2.74 bits per heavy atom. The summed E-state index contributed by atoms with van der Waals surface area (Å²) >= 11 is 5.61. The summed E-state index contributed by atoms with van der Waals surface area (Å²) in [5.41, 5.74) is 3.06. The van der Waals surface area contributed by atoms with E-state index in [2.05, 4.69) is 5.32 Å². The van der Waals surface area contributed by atoms with Gasteiger partial charge in [-0.2, -0.15) is 0 Å². The Bertz CT molecular complexity index is 513. The van der Waals surface area contributed by atoms with Gasteiger partial charge in [-0.15, -0.1) is 0 Å². The predicted molar refractivity (Wildman–Crippen MR) is 73.5 cm³/mol. The summed E-state index contributed by atoms with van der Waals surface area (Å²) < 4.78 is 0. The second-order valence-electron chi connectivity index (χ2n) is 4.56. The van der Waals surface area contributed by atoms with E-state index < -0.39 is 6.04 Å². The fourth-order valence-electron chi connectivity index (χ4n) is 2.04. The summed E-state index contributed by atoms with van der Waals surface area (Å²) in [6.45, 7) is 2.27. The van der Waals surface area contributed by atoms with Gasteiger partial charge in [0.25, 0.3) is 5.91 Å². The Balaban J connectivity index is 2.21. The van der Waals surface area contributed by atoms with Gasteiger partial charge in [0.1, 0.15) is 6.04 Å². The maximum absolute atomic E-state index is 12.4. The monoisotopic (exact) mass is 278 g/mol. The molecule has 1 aliphatic rings. The molecule has 1 aliphatic heterocycles. The first-order valence-corrected chi connectivity index (χ1v) is 6.44. The van der Waals surface area contributed by atoms with Gasteiger partial charge in [0.2, 0.25) is 5.91 Å². The van der Waals surface area contributed by atoms with Crippen LogP contribution in [0.25, 0.3) is 0 Å². The summed E-state index contributed by atoms with van der Waals surface area (Å²) in [7, 11) is 0. The van der Waals surface area contributed by atoms with Gasteiger partial charge in [0, 0.05) is 12.1 Å². The Labute approximate surface area is 117 Å². The molecule has 1 unspecified atom stereocenters. The van der Waals surface area contributed by atoms with Crippen molar-refractivity contribution in [3.8, 4) is 0 Å². The molecule has 2 amide bonds. The summed E-state index contributed by atoms with van der Waals surface area (Å²) in [5, 5.41) is 2.72. The lowest BCUT2D eigenvalue weighted by molar-refractivity contribution is -0.144. The molecule has 0 saturated carbocycles. The van der Waals surface area contributed by atoms with Crippen LogP contribution >= 0.6 is 11.6 Å². The van der Waals surface area contributed by atoms with Crippen molar-refractivity contribution in [1.29, 1.82) is 0 Å². The van der Waals surface area contributed by atoms with Crippen LogP contribution in [0, 0.1) is 0 Å². The van der Waals surface area contributed by atoms with E-state index in [1.165, 1.54) is 10.4 Å². The molecule has 0 spiro atoms. The number of piperazine rings is 1. The maximum Gasteiger partial charge on any atom is 0.250 e. The van der Waals surface area contributed by atoms with Crippen molar-refractivity contribution in [1.82, 2.24) is 10.2 Å². The van der Waals surface area contributed by atoms with Crippen molar-refractivity contribution < 1.29 is 9.59 Å².